The molecule has 0 fully saturated rings. The molecule has 27 heavy (non-hydrogen) atoms. The number of nitro benzene ring substituents is 1. The smallest absolute Gasteiger partial charge is 0.338 e. The van der Waals surface area contributed by atoms with Crippen LogP contribution < -0.4 is 5.32 Å². The highest BCUT2D eigenvalue weighted by atomic mass is 32.1. The molecule has 0 aliphatic carbocycles. The number of nitro groups is 1. The quantitative estimate of drug-likeness (QED) is 0.407. The summed E-state index contributed by atoms with van der Waals surface area (Å²) in [6.07, 6.45) is 0. The molecule has 0 aliphatic rings. The molecule has 9 nitrogen and oxygen atoms in total. The second kappa shape index (κ2) is 7.70. The number of non-ortho nitro benzene ring substituents is 1. The van der Waals surface area contributed by atoms with Crippen LogP contribution in [0.25, 0.3) is 11.4 Å². The van der Waals surface area contributed by atoms with Gasteiger partial charge in [-0.3, -0.25) is 20.2 Å². The first-order valence-corrected chi connectivity index (χ1v) is 8.33. The largest absolute Gasteiger partial charge is 0.465 e. The third kappa shape index (κ3) is 4.12. The molecule has 136 valence electrons. The van der Waals surface area contributed by atoms with Crippen LogP contribution in [0.1, 0.15) is 20.7 Å². The van der Waals surface area contributed by atoms with Gasteiger partial charge in [-0.15, -0.1) is 0 Å². The summed E-state index contributed by atoms with van der Waals surface area (Å²) in [7, 11) is 1.15. The van der Waals surface area contributed by atoms with E-state index in [2.05, 4.69) is 19.4 Å². The number of hydrogen-bond donors (Lipinski definition) is 1. The monoisotopic (exact) mass is 384 g/mol. The van der Waals surface area contributed by atoms with Crippen molar-refractivity contribution >= 4 is 34.2 Å². The van der Waals surface area contributed by atoms with E-state index >= 15 is 0 Å². The van der Waals surface area contributed by atoms with Crippen molar-refractivity contribution in [3.05, 3.63) is 69.8 Å². The lowest BCUT2D eigenvalue weighted by atomic mass is 10.1. The van der Waals surface area contributed by atoms with E-state index in [4.69, 9.17) is 0 Å². The fourth-order valence-electron chi connectivity index (χ4n) is 2.23. The van der Waals surface area contributed by atoms with Crippen molar-refractivity contribution < 1.29 is 19.2 Å². The summed E-state index contributed by atoms with van der Waals surface area (Å²) in [5.74, 6) is -0.986. The predicted octanol–water partition coefficient (Wildman–Crippen LogP) is 3.15. The van der Waals surface area contributed by atoms with E-state index in [1.807, 2.05) is 30.3 Å². The average Bonchev–Trinajstić information content (AvgIpc) is 3.16. The standard InChI is InChI=1S/C17H12N4O5S/c1-26-16(23)12-7-11(8-13(9-12)21(24)25)15(22)19-17-18-14(20-27-17)10-5-3-2-4-6-10/h2-9H,1H3,(H,18,19,20,22). The van der Waals surface area contributed by atoms with Crippen LogP contribution in [-0.2, 0) is 4.74 Å². The predicted molar refractivity (Wildman–Crippen MR) is 97.7 cm³/mol. The van der Waals surface area contributed by atoms with Gasteiger partial charge in [0, 0.05) is 34.8 Å². The zero-order chi connectivity index (χ0) is 19.4. The minimum atomic E-state index is -0.782. The molecule has 1 aromatic heterocycles. The van der Waals surface area contributed by atoms with E-state index in [-0.39, 0.29) is 16.3 Å². The van der Waals surface area contributed by atoms with Crippen LogP contribution in [0.3, 0.4) is 0 Å². The lowest BCUT2D eigenvalue weighted by Crippen LogP contribution is -2.13. The van der Waals surface area contributed by atoms with Gasteiger partial charge in [0.25, 0.3) is 11.6 Å². The van der Waals surface area contributed by atoms with Crippen LogP contribution in [0, 0.1) is 10.1 Å². The molecule has 1 amide bonds. The second-order valence-electron chi connectivity index (χ2n) is 5.26. The van der Waals surface area contributed by atoms with Gasteiger partial charge in [-0.1, -0.05) is 30.3 Å². The molecule has 0 saturated heterocycles. The highest BCUT2D eigenvalue weighted by Crippen LogP contribution is 2.23. The van der Waals surface area contributed by atoms with Crippen LogP contribution in [0.2, 0.25) is 0 Å². The first-order valence-electron chi connectivity index (χ1n) is 7.56. The maximum absolute atomic E-state index is 12.5. The van der Waals surface area contributed by atoms with E-state index in [1.165, 1.54) is 6.07 Å². The van der Waals surface area contributed by atoms with Gasteiger partial charge in [0.15, 0.2) is 5.82 Å². The Balaban J connectivity index is 1.86. The summed E-state index contributed by atoms with van der Waals surface area (Å²) >= 11 is 0.974. The Labute approximate surface area is 157 Å². The van der Waals surface area contributed by atoms with Crippen LogP contribution in [0.5, 0.6) is 0 Å². The molecule has 0 aliphatic heterocycles. The number of carbonyl (C=O) groups is 2. The van der Waals surface area contributed by atoms with Gasteiger partial charge in [0.2, 0.25) is 5.13 Å². The Morgan fingerprint density at radius 2 is 1.85 bits per heavy atom. The van der Waals surface area contributed by atoms with Crippen LogP contribution in [-0.4, -0.2) is 33.3 Å². The van der Waals surface area contributed by atoms with E-state index in [0.29, 0.717) is 5.82 Å². The molecular weight excluding hydrogens is 372 g/mol. The first kappa shape index (κ1) is 18.1. The van der Waals surface area contributed by atoms with Crippen molar-refractivity contribution in [2.45, 2.75) is 0 Å². The van der Waals surface area contributed by atoms with Crippen molar-refractivity contribution in [1.82, 2.24) is 9.36 Å². The second-order valence-corrected chi connectivity index (χ2v) is 6.01. The number of aromatic nitrogens is 2. The first-order chi connectivity index (χ1) is 13.0. The average molecular weight is 384 g/mol. The number of nitrogens with zero attached hydrogens (tertiary/aromatic N) is 3. The Morgan fingerprint density at radius 1 is 1.15 bits per heavy atom. The minimum absolute atomic E-state index is 0.0685. The minimum Gasteiger partial charge on any atom is -0.465 e. The molecule has 0 radical (unpaired) electrons. The van der Waals surface area contributed by atoms with Gasteiger partial charge >= 0.3 is 5.97 Å². The third-order valence-electron chi connectivity index (χ3n) is 3.49. The van der Waals surface area contributed by atoms with Crippen LogP contribution in [0.15, 0.2) is 48.5 Å². The van der Waals surface area contributed by atoms with Crippen molar-refractivity contribution in [2.24, 2.45) is 0 Å². The molecule has 0 saturated carbocycles. The molecule has 0 unspecified atom stereocenters. The third-order valence-corrected chi connectivity index (χ3v) is 4.12. The molecule has 1 N–H and O–H groups in total. The van der Waals surface area contributed by atoms with Gasteiger partial charge in [0.05, 0.1) is 17.6 Å². The molecule has 0 spiro atoms. The lowest BCUT2D eigenvalue weighted by Gasteiger charge is -2.04. The zero-order valence-electron chi connectivity index (χ0n) is 13.9. The van der Waals surface area contributed by atoms with Crippen molar-refractivity contribution in [2.75, 3.05) is 12.4 Å². The molecule has 0 bridgehead atoms. The van der Waals surface area contributed by atoms with Gasteiger partial charge < -0.3 is 4.74 Å². The normalized spacial score (nSPS) is 10.3. The number of anilines is 1. The van der Waals surface area contributed by atoms with E-state index in [9.17, 15) is 19.7 Å². The van der Waals surface area contributed by atoms with Gasteiger partial charge in [0.1, 0.15) is 0 Å². The molecule has 2 aromatic carbocycles. The summed E-state index contributed by atoms with van der Waals surface area (Å²) < 4.78 is 8.73. The maximum atomic E-state index is 12.5. The number of methoxy groups -OCH3 is 1. The van der Waals surface area contributed by atoms with Gasteiger partial charge in [-0.05, 0) is 6.07 Å². The summed E-state index contributed by atoms with van der Waals surface area (Å²) in [5.41, 5.74) is 0.225. The number of nitrogens with one attached hydrogen (secondary N) is 1. The molecule has 10 heteroatoms. The molecule has 3 aromatic rings. The summed E-state index contributed by atoms with van der Waals surface area (Å²) in [6.45, 7) is 0. The molecule has 3 rings (SSSR count). The van der Waals surface area contributed by atoms with Crippen molar-refractivity contribution in [3.63, 3.8) is 0 Å². The number of hydrogen-bond acceptors (Lipinski definition) is 8. The molecular formula is C17H12N4O5S. The summed E-state index contributed by atoms with van der Waals surface area (Å²) in [6, 6.07) is 12.5. The number of carbonyl (C=O) groups excluding carboxylic acids is 2. The highest BCUT2D eigenvalue weighted by molar-refractivity contribution is 7.10. The number of rotatable bonds is 5. The number of benzene rings is 2. The SMILES string of the molecule is COC(=O)c1cc(C(=O)Nc2nc(-c3ccccc3)ns2)cc([N+](=O)[O-])c1. The van der Waals surface area contributed by atoms with Crippen LogP contribution in [0.4, 0.5) is 10.8 Å². The van der Waals surface area contributed by atoms with E-state index in [1.54, 1.807) is 0 Å². The maximum Gasteiger partial charge on any atom is 0.338 e. The zero-order valence-corrected chi connectivity index (χ0v) is 14.7. The van der Waals surface area contributed by atoms with Crippen LogP contribution >= 0.6 is 11.5 Å². The fourth-order valence-corrected chi connectivity index (χ4v) is 2.82. The molecule has 1 heterocycles. The summed E-state index contributed by atoms with van der Waals surface area (Å²) in [4.78, 5) is 38.7. The summed E-state index contributed by atoms with van der Waals surface area (Å²) in [5, 5.41) is 13.8. The fraction of sp³-hybridized carbons (Fsp3) is 0.0588. The van der Waals surface area contributed by atoms with Gasteiger partial charge in [-0.25, -0.2) is 4.79 Å². The number of amides is 1. The Bertz CT molecular complexity index is 1020. The molecule has 0 atom stereocenters. The lowest BCUT2D eigenvalue weighted by molar-refractivity contribution is -0.384. The van der Waals surface area contributed by atoms with Crippen molar-refractivity contribution in [1.29, 1.82) is 0 Å². The van der Waals surface area contributed by atoms with Crippen molar-refractivity contribution in [3.8, 4) is 11.4 Å². The van der Waals surface area contributed by atoms with E-state index in [0.717, 1.165) is 36.3 Å². The number of ether oxygens (including phenoxy) is 1. The Hall–Kier alpha value is -3.66. The Kier molecular flexibility index (Phi) is 5.18. The number of esters is 1. The van der Waals surface area contributed by atoms with E-state index < -0.39 is 22.5 Å². The highest BCUT2D eigenvalue weighted by Gasteiger charge is 2.19. The topological polar surface area (TPSA) is 124 Å². The Morgan fingerprint density at radius 3 is 2.52 bits per heavy atom. The van der Waals surface area contributed by atoms with Gasteiger partial charge in [-0.2, -0.15) is 9.36 Å².